The Kier molecular flexibility index (Phi) is 4.89. The van der Waals surface area contributed by atoms with Crippen molar-refractivity contribution < 1.29 is 4.79 Å². The summed E-state index contributed by atoms with van der Waals surface area (Å²) in [5.74, 6) is 0.479. The highest BCUT2D eigenvalue weighted by Gasteiger charge is 2.28. The predicted molar refractivity (Wildman–Crippen MR) is 87.6 cm³/mol. The van der Waals surface area contributed by atoms with Crippen LogP contribution in [0.2, 0.25) is 0 Å². The number of carbonyl (C=O) groups is 1. The molecule has 2 aromatic rings. The molecule has 0 saturated carbocycles. The summed E-state index contributed by atoms with van der Waals surface area (Å²) >= 11 is 2.70. The average molecular weight is 335 g/mol. The third-order valence-electron chi connectivity index (χ3n) is 3.59. The zero-order valence-electron chi connectivity index (χ0n) is 12.0. The molecule has 1 amide bonds. The second kappa shape index (κ2) is 7.06. The number of thioether (sulfide) groups is 1. The molecule has 2 N–H and O–H groups in total. The molecule has 116 valence electrons. The Morgan fingerprint density at radius 3 is 3.05 bits per heavy atom. The third kappa shape index (κ3) is 3.56. The van der Waals surface area contributed by atoms with Crippen LogP contribution in [0.4, 0.5) is 5.13 Å². The molecule has 1 aliphatic rings. The fourth-order valence-electron chi connectivity index (χ4n) is 2.60. The zero-order valence-corrected chi connectivity index (χ0v) is 13.6. The maximum absolute atomic E-state index is 12.6. The summed E-state index contributed by atoms with van der Waals surface area (Å²) in [5, 5.41) is 8.12. The molecule has 8 heteroatoms. The summed E-state index contributed by atoms with van der Waals surface area (Å²) in [7, 11) is 0. The Morgan fingerprint density at radius 2 is 2.32 bits per heavy atom. The van der Waals surface area contributed by atoms with Crippen molar-refractivity contribution in [1.82, 2.24) is 20.1 Å². The molecule has 1 atom stereocenters. The van der Waals surface area contributed by atoms with E-state index < -0.39 is 0 Å². The quantitative estimate of drug-likeness (QED) is 0.863. The topological polar surface area (TPSA) is 85.0 Å². The van der Waals surface area contributed by atoms with E-state index in [2.05, 4.69) is 15.2 Å². The average Bonchev–Trinajstić information content (AvgIpc) is 2.99. The first-order chi connectivity index (χ1) is 10.7. The first kappa shape index (κ1) is 15.2. The molecule has 3 rings (SSSR count). The van der Waals surface area contributed by atoms with E-state index in [1.165, 1.54) is 23.1 Å². The SMILES string of the molecule is Nc1nnc(SCC(=O)N2CCCCC2c2ccccn2)s1. The molecule has 0 aliphatic carbocycles. The van der Waals surface area contributed by atoms with Crippen LogP contribution < -0.4 is 5.73 Å². The number of piperidine rings is 1. The Hall–Kier alpha value is -1.67. The molecule has 1 fully saturated rings. The van der Waals surface area contributed by atoms with Gasteiger partial charge in [-0.15, -0.1) is 10.2 Å². The van der Waals surface area contributed by atoms with Crippen LogP contribution in [0.1, 0.15) is 31.0 Å². The summed E-state index contributed by atoms with van der Waals surface area (Å²) < 4.78 is 0.734. The van der Waals surface area contributed by atoms with Gasteiger partial charge in [0.15, 0.2) is 4.34 Å². The molecule has 0 spiro atoms. The molecule has 0 aromatic carbocycles. The lowest BCUT2D eigenvalue weighted by Gasteiger charge is -2.35. The van der Waals surface area contributed by atoms with E-state index in [9.17, 15) is 4.79 Å². The summed E-state index contributed by atoms with van der Waals surface area (Å²) in [5.41, 5.74) is 6.53. The van der Waals surface area contributed by atoms with Crippen LogP contribution in [0.3, 0.4) is 0 Å². The minimum Gasteiger partial charge on any atom is -0.374 e. The van der Waals surface area contributed by atoms with Crippen molar-refractivity contribution in [3.8, 4) is 0 Å². The molecule has 0 bridgehead atoms. The van der Waals surface area contributed by atoms with Crippen LogP contribution in [-0.2, 0) is 4.79 Å². The lowest BCUT2D eigenvalue weighted by Crippen LogP contribution is -2.39. The molecule has 1 unspecified atom stereocenters. The van der Waals surface area contributed by atoms with E-state index in [-0.39, 0.29) is 11.9 Å². The smallest absolute Gasteiger partial charge is 0.233 e. The van der Waals surface area contributed by atoms with E-state index in [0.717, 1.165) is 35.8 Å². The maximum Gasteiger partial charge on any atom is 0.233 e. The van der Waals surface area contributed by atoms with Crippen molar-refractivity contribution in [1.29, 1.82) is 0 Å². The minimum absolute atomic E-state index is 0.0857. The predicted octanol–water partition coefficient (Wildman–Crippen LogP) is 2.36. The van der Waals surface area contributed by atoms with E-state index in [0.29, 0.717) is 10.9 Å². The van der Waals surface area contributed by atoms with Crippen molar-refractivity contribution in [2.75, 3.05) is 18.0 Å². The Labute approximate surface area is 137 Å². The highest BCUT2D eigenvalue weighted by Crippen LogP contribution is 2.31. The van der Waals surface area contributed by atoms with Crippen molar-refractivity contribution in [3.63, 3.8) is 0 Å². The number of amides is 1. The number of likely N-dealkylation sites (tertiary alicyclic amines) is 1. The Balaban J connectivity index is 1.66. The van der Waals surface area contributed by atoms with Crippen LogP contribution in [-0.4, -0.2) is 38.3 Å². The molecule has 3 heterocycles. The lowest BCUT2D eigenvalue weighted by atomic mass is 9.99. The van der Waals surface area contributed by atoms with E-state index in [1.54, 1.807) is 6.20 Å². The monoisotopic (exact) mass is 335 g/mol. The molecular formula is C14H17N5OS2. The normalized spacial score (nSPS) is 18.4. The number of anilines is 1. The van der Waals surface area contributed by atoms with Crippen LogP contribution in [0.5, 0.6) is 0 Å². The van der Waals surface area contributed by atoms with Gasteiger partial charge in [0.1, 0.15) is 0 Å². The molecule has 6 nitrogen and oxygen atoms in total. The minimum atomic E-state index is 0.0857. The highest BCUT2D eigenvalue weighted by atomic mass is 32.2. The number of hydrogen-bond donors (Lipinski definition) is 1. The van der Waals surface area contributed by atoms with Crippen molar-refractivity contribution in [3.05, 3.63) is 30.1 Å². The number of rotatable bonds is 4. The number of nitrogens with two attached hydrogens (primary N) is 1. The van der Waals surface area contributed by atoms with Crippen LogP contribution in [0.25, 0.3) is 0 Å². The second-order valence-electron chi connectivity index (χ2n) is 5.05. The van der Waals surface area contributed by atoms with Gasteiger partial charge in [0.25, 0.3) is 0 Å². The summed E-state index contributed by atoms with van der Waals surface area (Å²) in [6.07, 6.45) is 4.93. The van der Waals surface area contributed by atoms with E-state index >= 15 is 0 Å². The molecule has 22 heavy (non-hydrogen) atoms. The zero-order chi connectivity index (χ0) is 15.4. The number of hydrogen-bond acceptors (Lipinski definition) is 7. The van der Waals surface area contributed by atoms with Crippen molar-refractivity contribution in [2.45, 2.75) is 29.6 Å². The van der Waals surface area contributed by atoms with Gasteiger partial charge in [-0.3, -0.25) is 9.78 Å². The van der Waals surface area contributed by atoms with Crippen LogP contribution in [0.15, 0.2) is 28.7 Å². The van der Waals surface area contributed by atoms with E-state index in [4.69, 9.17) is 5.73 Å². The van der Waals surface area contributed by atoms with Gasteiger partial charge in [0, 0.05) is 12.7 Å². The van der Waals surface area contributed by atoms with Crippen LogP contribution >= 0.6 is 23.1 Å². The second-order valence-corrected chi connectivity index (χ2v) is 7.28. The number of carbonyl (C=O) groups excluding carboxylic acids is 1. The lowest BCUT2D eigenvalue weighted by molar-refractivity contribution is -0.132. The molecule has 2 aromatic heterocycles. The summed E-state index contributed by atoms with van der Waals surface area (Å²) in [6, 6.07) is 5.95. The van der Waals surface area contributed by atoms with E-state index in [1.807, 2.05) is 23.1 Å². The Bertz CT molecular complexity index is 633. The fraction of sp³-hybridized carbons (Fsp3) is 0.429. The number of aromatic nitrogens is 3. The van der Waals surface area contributed by atoms with Gasteiger partial charge in [0.2, 0.25) is 11.0 Å². The molecular weight excluding hydrogens is 318 g/mol. The number of nitrogens with zero attached hydrogens (tertiary/aromatic N) is 4. The van der Waals surface area contributed by atoms with Gasteiger partial charge in [-0.1, -0.05) is 29.2 Å². The first-order valence-corrected chi connectivity index (χ1v) is 8.96. The van der Waals surface area contributed by atoms with Crippen LogP contribution in [0, 0.1) is 0 Å². The third-order valence-corrected chi connectivity index (χ3v) is 5.46. The van der Waals surface area contributed by atoms with Gasteiger partial charge in [-0.05, 0) is 31.4 Å². The molecule has 1 aliphatic heterocycles. The maximum atomic E-state index is 12.6. The summed E-state index contributed by atoms with van der Waals surface area (Å²) in [4.78, 5) is 18.9. The van der Waals surface area contributed by atoms with Crippen molar-refractivity contribution >= 4 is 34.1 Å². The van der Waals surface area contributed by atoms with Crippen molar-refractivity contribution in [2.24, 2.45) is 0 Å². The highest BCUT2D eigenvalue weighted by molar-refractivity contribution is 8.01. The molecule has 0 radical (unpaired) electrons. The fourth-order valence-corrected chi connectivity index (χ4v) is 4.12. The van der Waals surface area contributed by atoms with Gasteiger partial charge >= 0.3 is 0 Å². The number of pyridine rings is 1. The number of nitrogen functional groups attached to an aromatic ring is 1. The largest absolute Gasteiger partial charge is 0.374 e. The molecule has 1 saturated heterocycles. The van der Waals surface area contributed by atoms with Gasteiger partial charge in [0.05, 0.1) is 17.5 Å². The van der Waals surface area contributed by atoms with Gasteiger partial charge in [-0.25, -0.2) is 0 Å². The standard InChI is InChI=1S/C14H17N5OS2/c15-13-17-18-14(22-13)21-9-12(20)19-8-4-2-6-11(19)10-5-1-3-7-16-10/h1,3,5,7,11H,2,4,6,8-9H2,(H2,15,17). The van der Waals surface area contributed by atoms with Gasteiger partial charge in [-0.2, -0.15) is 0 Å². The summed E-state index contributed by atoms with van der Waals surface area (Å²) in [6.45, 7) is 0.791. The van der Waals surface area contributed by atoms with Gasteiger partial charge < -0.3 is 10.6 Å². The Morgan fingerprint density at radius 1 is 1.41 bits per heavy atom. The first-order valence-electron chi connectivity index (χ1n) is 7.16.